The molecule has 2 aliphatic rings. The summed E-state index contributed by atoms with van der Waals surface area (Å²) in [6.45, 7) is 1.96. The molecule has 1 aliphatic heterocycles. The maximum absolute atomic E-state index is 12.5. The molecule has 2 aromatic rings. The number of ether oxygens (including phenoxy) is 1. The van der Waals surface area contributed by atoms with Gasteiger partial charge in [0.2, 0.25) is 5.91 Å². The number of carbonyl (C=O) groups excluding carboxylic acids is 2. The maximum atomic E-state index is 12.5. The number of hydrogen-bond donors (Lipinski definition) is 2. The van der Waals surface area contributed by atoms with Gasteiger partial charge in [-0.1, -0.05) is 12.5 Å². The van der Waals surface area contributed by atoms with Crippen molar-refractivity contribution in [2.75, 3.05) is 10.6 Å². The van der Waals surface area contributed by atoms with Crippen LogP contribution < -0.4 is 15.4 Å². The van der Waals surface area contributed by atoms with E-state index in [1.807, 2.05) is 25.1 Å². The van der Waals surface area contributed by atoms with Gasteiger partial charge in [0.25, 0.3) is 5.91 Å². The summed E-state index contributed by atoms with van der Waals surface area (Å²) >= 11 is 0. The maximum Gasteiger partial charge on any atom is 0.259 e. The SMILES string of the molecule is Cc1ccc2c(c1)NC(=O)c1cc(NC(=O)C3CCC3)ccc1O2. The number of benzene rings is 2. The van der Waals surface area contributed by atoms with Crippen molar-refractivity contribution in [2.45, 2.75) is 26.2 Å². The second-order valence-electron chi connectivity index (χ2n) is 6.38. The first-order valence-electron chi connectivity index (χ1n) is 8.15. The summed E-state index contributed by atoms with van der Waals surface area (Å²) in [5.41, 5.74) is 2.72. The van der Waals surface area contributed by atoms with E-state index in [9.17, 15) is 9.59 Å². The Hall–Kier alpha value is -2.82. The molecule has 4 rings (SSSR count). The van der Waals surface area contributed by atoms with E-state index < -0.39 is 0 Å². The third kappa shape index (κ3) is 2.62. The van der Waals surface area contributed by atoms with E-state index in [1.54, 1.807) is 18.2 Å². The minimum Gasteiger partial charge on any atom is -0.454 e. The summed E-state index contributed by atoms with van der Waals surface area (Å²) in [6, 6.07) is 10.8. The largest absolute Gasteiger partial charge is 0.454 e. The van der Waals surface area contributed by atoms with Gasteiger partial charge in [-0.2, -0.15) is 0 Å². The van der Waals surface area contributed by atoms with Gasteiger partial charge in [0.15, 0.2) is 5.75 Å². The Morgan fingerprint density at radius 1 is 1.17 bits per heavy atom. The summed E-state index contributed by atoms with van der Waals surface area (Å²) in [5, 5.41) is 5.76. The number of rotatable bonds is 2. The molecule has 1 aliphatic carbocycles. The van der Waals surface area contributed by atoms with Gasteiger partial charge in [0.1, 0.15) is 5.75 Å². The summed E-state index contributed by atoms with van der Waals surface area (Å²) in [7, 11) is 0. The van der Waals surface area contributed by atoms with Crippen LogP contribution in [-0.2, 0) is 4.79 Å². The second kappa shape index (κ2) is 5.67. The fourth-order valence-corrected chi connectivity index (χ4v) is 2.93. The molecule has 0 bridgehead atoms. The van der Waals surface area contributed by atoms with Crippen molar-refractivity contribution < 1.29 is 14.3 Å². The Balaban J connectivity index is 1.63. The molecule has 0 unspecified atom stereocenters. The van der Waals surface area contributed by atoms with Crippen LogP contribution in [0.2, 0.25) is 0 Å². The fourth-order valence-electron chi connectivity index (χ4n) is 2.93. The number of fused-ring (bicyclic) bond motifs is 2. The molecule has 2 N–H and O–H groups in total. The van der Waals surface area contributed by atoms with Gasteiger partial charge < -0.3 is 15.4 Å². The molecular weight excluding hydrogens is 304 g/mol. The van der Waals surface area contributed by atoms with Crippen LogP contribution >= 0.6 is 0 Å². The average molecular weight is 322 g/mol. The van der Waals surface area contributed by atoms with Crippen molar-refractivity contribution in [2.24, 2.45) is 5.92 Å². The average Bonchev–Trinajstić information content (AvgIpc) is 2.61. The van der Waals surface area contributed by atoms with Crippen molar-refractivity contribution in [3.05, 3.63) is 47.5 Å². The van der Waals surface area contributed by atoms with Crippen LogP contribution in [0.1, 0.15) is 35.2 Å². The molecule has 2 amide bonds. The zero-order valence-electron chi connectivity index (χ0n) is 13.4. The number of carbonyl (C=O) groups is 2. The molecule has 1 fully saturated rings. The molecule has 0 aromatic heterocycles. The molecule has 2 aromatic carbocycles. The van der Waals surface area contributed by atoms with Gasteiger partial charge in [0, 0.05) is 11.6 Å². The normalized spacial score (nSPS) is 16.0. The molecular formula is C19H18N2O3. The molecule has 122 valence electrons. The molecule has 0 radical (unpaired) electrons. The van der Waals surface area contributed by atoms with E-state index in [4.69, 9.17) is 4.74 Å². The minimum absolute atomic E-state index is 0.0232. The molecule has 0 saturated heterocycles. The Morgan fingerprint density at radius 3 is 2.71 bits per heavy atom. The summed E-state index contributed by atoms with van der Waals surface area (Å²) < 4.78 is 5.87. The molecule has 0 spiro atoms. The van der Waals surface area contributed by atoms with Gasteiger partial charge in [-0.05, 0) is 55.7 Å². The molecule has 5 nitrogen and oxygen atoms in total. The quantitative estimate of drug-likeness (QED) is 0.875. The zero-order chi connectivity index (χ0) is 16.7. The predicted octanol–water partition coefficient (Wildman–Crippen LogP) is 4.09. The Labute approximate surface area is 140 Å². The molecule has 5 heteroatoms. The van der Waals surface area contributed by atoms with Crippen LogP contribution in [0.5, 0.6) is 11.5 Å². The fraction of sp³-hybridized carbons (Fsp3) is 0.263. The van der Waals surface area contributed by atoms with Crippen LogP contribution in [0.3, 0.4) is 0 Å². The predicted molar refractivity (Wildman–Crippen MR) is 91.6 cm³/mol. The van der Waals surface area contributed by atoms with E-state index >= 15 is 0 Å². The third-order valence-electron chi connectivity index (χ3n) is 4.57. The summed E-state index contributed by atoms with van der Waals surface area (Å²) in [6.07, 6.45) is 2.99. The Bertz CT molecular complexity index is 841. The van der Waals surface area contributed by atoms with Crippen LogP contribution in [0.15, 0.2) is 36.4 Å². The van der Waals surface area contributed by atoms with Crippen molar-refractivity contribution in [3.63, 3.8) is 0 Å². The number of nitrogens with one attached hydrogen (secondary N) is 2. The van der Waals surface area contributed by atoms with Crippen LogP contribution in [0, 0.1) is 12.8 Å². The highest BCUT2D eigenvalue weighted by molar-refractivity contribution is 6.09. The van der Waals surface area contributed by atoms with E-state index in [1.165, 1.54) is 0 Å². The number of amides is 2. The topological polar surface area (TPSA) is 67.4 Å². The Kier molecular flexibility index (Phi) is 3.49. The highest BCUT2D eigenvalue weighted by Gasteiger charge is 2.26. The van der Waals surface area contributed by atoms with Gasteiger partial charge in [-0.3, -0.25) is 9.59 Å². The van der Waals surface area contributed by atoms with E-state index in [2.05, 4.69) is 10.6 Å². The molecule has 0 atom stereocenters. The second-order valence-corrected chi connectivity index (χ2v) is 6.38. The molecule has 1 saturated carbocycles. The molecule has 24 heavy (non-hydrogen) atoms. The minimum atomic E-state index is -0.242. The first-order chi connectivity index (χ1) is 11.6. The first kappa shape index (κ1) is 14.8. The van der Waals surface area contributed by atoms with Crippen LogP contribution in [-0.4, -0.2) is 11.8 Å². The lowest BCUT2D eigenvalue weighted by molar-refractivity contribution is -0.122. The van der Waals surface area contributed by atoms with Gasteiger partial charge in [-0.25, -0.2) is 0 Å². The van der Waals surface area contributed by atoms with Crippen molar-refractivity contribution in [3.8, 4) is 11.5 Å². The van der Waals surface area contributed by atoms with Crippen molar-refractivity contribution in [1.82, 2.24) is 0 Å². The zero-order valence-corrected chi connectivity index (χ0v) is 13.4. The van der Waals surface area contributed by atoms with E-state index in [-0.39, 0.29) is 17.7 Å². The lowest BCUT2D eigenvalue weighted by Crippen LogP contribution is -2.28. The third-order valence-corrected chi connectivity index (χ3v) is 4.57. The van der Waals surface area contributed by atoms with Gasteiger partial charge in [0.05, 0.1) is 11.3 Å². The Morgan fingerprint density at radius 2 is 1.96 bits per heavy atom. The highest BCUT2D eigenvalue weighted by atomic mass is 16.5. The van der Waals surface area contributed by atoms with Crippen molar-refractivity contribution >= 4 is 23.2 Å². The monoisotopic (exact) mass is 322 g/mol. The lowest BCUT2D eigenvalue weighted by Gasteiger charge is -2.24. The first-order valence-corrected chi connectivity index (χ1v) is 8.15. The number of aryl methyl sites for hydroxylation is 1. The van der Waals surface area contributed by atoms with Crippen molar-refractivity contribution in [1.29, 1.82) is 0 Å². The standard InChI is InChI=1S/C19H18N2O3/c1-11-5-7-17-15(9-11)21-19(23)14-10-13(6-8-16(14)24-17)20-18(22)12-3-2-4-12/h5-10,12H,2-4H2,1H3,(H,20,22)(H,21,23). The number of anilines is 2. The van der Waals surface area contributed by atoms with Crippen LogP contribution in [0.25, 0.3) is 0 Å². The van der Waals surface area contributed by atoms with E-state index in [0.29, 0.717) is 28.4 Å². The number of hydrogen-bond acceptors (Lipinski definition) is 3. The highest BCUT2D eigenvalue weighted by Crippen LogP contribution is 2.37. The van der Waals surface area contributed by atoms with Crippen LogP contribution in [0.4, 0.5) is 11.4 Å². The smallest absolute Gasteiger partial charge is 0.259 e. The molecule has 1 heterocycles. The van der Waals surface area contributed by atoms with Gasteiger partial charge in [-0.15, -0.1) is 0 Å². The lowest BCUT2D eigenvalue weighted by atomic mass is 9.85. The van der Waals surface area contributed by atoms with E-state index in [0.717, 1.165) is 24.8 Å². The summed E-state index contributed by atoms with van der Waals surface area (Å²) in [5.74, 6) is 0.973. The van der Waals surface area contributed by atoms with Gasteiger partial charge >= 0.3 is 0 Å². The summed E-state index contributed by atoms with van der Waals surface area (Å²) in [4.78, 5) is 24.6.